The van der Waals surface area contributed by atoms with E-state index in [0.717, 1.165) is 17.0 Å². The number of aromatic nitrogens is 2. The normalized spacial score (nSPS) is 10.4. The van der Waals surface area contributed by atoms with Crippen LogP contribution in [0.2, 0.25) is 0 Å². The summed E-state index contributed by atoms with van der Waals surface area (Å²) in [6, 6.07) is 85.1. The van der Waals surface area contributed by atoms with Crippen molar-refractivity contribution in [3.05, 3.63) is 255 Å². The molecule has 0 saturated carbocycles. The smallest absolute Gasteiger partial charge is 0.418 e. The SMILES string of the molecule is F[B-](F)(F)F.[Cu+].c1ccc(-c2ccc(-c3ccccn3)nc2)cc1.c1ccc([PH+](c2ccccc2)c2ccccc2)cc1.c1ccc([PH+](c2ccccc2)c2ccccc2)cc1. The maximum atomic E-state index is 9.75. The summed E-state index contributed by atoms with van der Waals surface area (Å²) in [5.41, 5.74) is 4.10. The van der Waals surface area contributed by atoms with E-state index in [1.54, 1.807) is 6.20 Å². The number of pyridine rings is 2. The van der Waals surface area contributed by atoms with Crippen LogP contribution in [0.5, 0.6) is 0 Å². The van der Waals surface area contributed by atoms with Gasteiger partial charge < -0.3 is 17.3 Å². The van der Waals surface area contributed by atoms with Crippen LogP contribution in [0.3, 0.4) is 0 Å². The molecule has 62 heavy (non-hydrogen) atoms. The first-order chi connectivity index (χ1) is 29.8. The first-order valence-electron chi connectivity index (χ1n) is 19.7. The van der Waals surface area contributed by atoms with Gasteiger partial charge in [0.05, 0.1) is 27.2 Å². The molecule has 0 unspecified atom stereocenters. The molecule has 2 nitrogen and oxygen atoms in total. The summed E-state index contributed by atoms with van der Waals surface area (Å²) in [6.45, 7) is 0. The van der Waals surface area contributed by atoms with Gasteiger partial charge in [0.1, 0.15) is 31.8 Å². The van der Waals surface area contributed by atoms with E-state index < -0.39 is 23.1 Å². The number of nitrogens with zero attached hydrogens (tertiary/aromatic N) is 2. The third kappa shape index (κ3) is 15.2. The quantitative estimate of drug-likeness (QED) is 0.0862. The van der Waals surface area contributed by atoms with Crippen LogP contribution in [0.4, 0.5) is 17.3 Å². The summed E-state index contributed by atoms with van der Waals surface area (Å²) in [5.74, 6) is 0. The second kappa shape index (κ2) is 25.1. The van der Waals surface area contributed by atoms with Crippen LogP contribution in [0, 0.1) is 0 Å². The fourth-order valence-corrected chi connectivity index (χ4v) is 11.6. The van der Waals surface area contributed by atoms with Crippen molar-refractivity contribution in [2.24, 2.45) is 0 Å². The predicted octanol–water partition coefficient (Wildman–Crippen LogP) is 11.5. The van der Waals surface area contributed by atoms with Crippen molar-refractivity contribution < 1.29 is 34.3 Å². The summed E-state index contributed by atoms with van der Waals surface area (Å²) in [6.07, 6.45) is 3.67. The number of halogens is 4. The van der Waals surface area contributed by atoms with Gasteiger partial charge in [0.25, 0.3) is 0 Å². The largest absolute Gasteiger partial charge is 1.00 e. The van der Waals surface area contributed by atoms with Crippen molar-refractivity contribution in [1.82, 2.24) is 9.97 Å². The molecule has 0 radical (unpaired) electrons. The molecule has 0 bridgehead atoms. The second-order valence-electron chi connectivity index (χ2n) is 13.5. The van der Waals surface area contributed by atoms with E-state index in [9.17, 15) is 17.3 Å². The number of benzene rings is 7. The zero-order chi connectivity index (χ0) is 42.5. The van der Waals surface area contributed by atoms with Crippen LogP contribution >= 0.6 is 15.8 Å². The molecule has 312 valence electrons. The predicted molar refractivity (Wildman–Crippen MR) is 256 cm³/mol. The molecule has 9 rings (SSSR count). The van der Waals surface area contributed by atoms with E-state index in [2.05, 4.69) is 210 Å². The van der Waals surface area contributed by atoms with Gasteiger partial charge in [-0.3, -0.25) is 9.97 Å². The minimum atomic E-state index is -6.00. The molecule has 0 aliphatic rings. The average Bonchev–Trinajstić information content (AvgIpc) is 3.32. The van der Waals surface area contributed by atoms with Gasteiger partial charge in [-0.25, -0.2) is 0 Å². The van der Waals surface area contributed by atoms with Crippen molar-refractivity contribution in [3.63, 3.8) is 0 Å². The van der Waals surface area contributed by atoms with Gasteiger partial charge >= 0.3 is 24.3 Å². The third-order valence-electron chi connectivity index (χ3n) is 9.17. The molecule has 0 fully saturated rings. The Hall–Kier alpha value is -6.00. The number of hydrogen-bond acceptors (Lipinski definition) is 2. The zero-order valence-corrected chi connectivity index (χ0v) is 36.5. The Morgan fingerprint density at radius 2 is 0.565 bits per heavy atom. The van der Waals surface area contributed by atoms with Crippen LogP contribution in [0.15, 0.2) is 255 Å². The summed E-state index contributed by atoms with van der Waals surface area (Å²) < 4.78 is 39.0. The fourth-order valence-electron chi connectivity index (χ4n) is 6.49. The van der Waals surface area contributed by atoms with E-state index in [-0.39, 0.29) is 17.1 Å². The van der Waals surface area contributed by atoms with E-state index in [1.807, 2.05) is 48.7 Å². The van der Waals surface area contributed by atoms with Crippen molar-refractivity contribution in [1.29, 1.82) is 0 Å². The average molecular weight is 909 g/mol. The molecule has 0 atom stereocenters. The number of hydrogen-bond donors (Lipinski definition) is 0. The molecule has 0 spiro atoms. The maximum absolute atomic E-state index is 9.75. The third-order valence-corrected chi connectivity index (χ3v) is 14.6. The van der Waals surface area contributed by atoms with E-state index >= 15 is 0 Å². The first-order valence-corrected chi connectivity index (χ1v) is 22.7. The number of rotatable bonds is 8. The Balaban J connectivity index is 0.000000165. The van der Waals surface area contributed by atoms with Crippen molar-refractivity contribution in [2.45, 2.75) is 0 Å². The standard InChI is InChI=1S/2C18H15P.C16H12N2.BF4.Cu/c2*1-4-10-16(11-5-1)19(17-12-6-2-7-13-17)18-14-8-3-9-15-18;1-2-6-13(7-3-1)14-9-10-16(18-12-14)15-8-4-5-11-17-15;2-1(3,4)5;/h2*1-15H;1-12H;;/q;;;-1;+1/p+2. The maximum Gasteiger partial charge on any atom is 1.00 e. The molecule has 7 aromatic carbocycles. The molecule has 0 aliphatic heterocycles. The van der Waals surface area contributed by atoms with Gasteiger partial charge in [0.15, 0.2) is 0 Å². The Morgan fingerprint density at radius 1 is 0.290 bits per heavy atom. The van der Waals surface area contributed by atoms with Gasteiger partial charge in [-0.05, 0) is 96.6 Å². The molecule has 2 heterocycles. The molecular formula is C52H44BCuF4N2P2+2. The molecular weight excluding hydrogens is 865 g/mol. The monoisotopic (exact) mass is 908 g/mol. The van der Waals surface area contributed by atoms with Gasteiger partial charge in [-0.15, -0.1) is 0 Å². The molecule has 10 heteroatoms. The topological polar surface area (TPSA) is 25.8 Å². The van der Waals surface area contributed by atoms with Crippen molar-refractivity contribution in [3.8, 4) is 22.5 Å². The van der Waals surface area contributed by atoms with E-state index in [4.69, 9.17) is 0 Å². The van der Waals surface area contributed by atoms with Gasteiger partial charge in [-0.2, -0.15) is 0 Å². The van der Waals surface area contributed by atoms with Crippen molar-refractivity contribution in [2.75, 3.05) is 0 Å². The summed E-state index contributed by atoms with van der Waals surface area (Å²) in [7, 11) is -7.75. The van der Waals surface area contributed by atoms with Crippen molar-refractivity contribution >= 4 is 54.9 Å². The van der Waals surface area contributed by atoms with Crippen LogP contribution in [-0.4, -0.2) is 17.2 Å². The minimum absolute atomic E-state index is 0. The Kier molecular flexibility index (Phi) is 19.0. The summed E-state index contributed by atoms with van der Waals surface area (Å²) >= 11 is 0. The van der Waals surface area contributed by atoms with Crippen LogP contribution in [-0.2, 0) is 17.1 Å². The van der Waals surface area contributed by atoms with Gasteiger partial charge in [0.2, 0.25) is 0 Å². The van der Waals surface area contributed by atoms with E-state index in [0.29, 0.717) is 0 Å². The first kappa shape index (κ1) is 47.1. The molecule has 0 amide bonds. The van der Waals surface area contributed by atoms with Crippen LogP contribution < -0.4 is 31.8 Å². The van der Waals surface area contributed by atoms with Crippen LogP contribution in [0.1, 0.15) is 0 Å². The second-order valence-corrected chi connectivity index (χ2v) is 18.4. The summed E-state index contributed by atoms with van der Waals surface area (Å²) in [5, 5.41) is 8.61. The molecule has 0 saturated heterocycles. The molecule has 0 aliphatic carbocycles. The van der Waals surface area contributed by atoms with Crippen LogP contribution in [0.25, 0.3) is 22.5 Å². The fraction of sp³-hybridized carbons (Fsp3) is 0. The van der Waals surface area contributed by atoms with E-state index in [1.165, 1.54) is 37.4 Å². The zero-order valence-electron chi connectivity index (χ0n) is 33.5. The summed E-state index contributed by atoms with van der Waals surface area (Å²) in [4.78, 5) is 8.75. The molecule has 2 aromatic heterocycles. The Labute approximate surface area is 374 Å². The van der Waals surface area contributed by atoms with Gasteiger partial charge in [0, 0.05) is 18.0 Å². The molecule has 0 N–H and O–H groups in total. The molecule has 9 aromatic rings. The Bertz CT molecular complexity index is 2180. The Morgan fingerprint density at radius 3 is 0.823 bits per heavy atom. The minimum Gasteiger partial charge on any atom is -0.418 e. The van der Waals surface area contributed by atoms with Gasteiger partial charge in [-0.1, -0.05) is 152 Å².